The highest BCUT2D eigenvalue weighted by atomic mass is 35.5. The maximum Gasteiger partial charge on any atom is 0.125 e. The zero-order valence-electron chi connectivity index (χ0n) is 9.46. The Labute approximate surface area is 100 Å². The molecule has 0 aromatic heterocycles. The van der Waals surface area contributed by atoms with Crippen molar-refractivity contribution in [1.82, 2.24) is 0 Å². The summed E-state index contributed by atoms with van der Waals surface area (Å²) in [6.45, 7) is 4.35. The van der Waals surface area contributed by atoms with Gasteiger partial charge in [0.15, 0.2) is 0 Å². The molecule has 0 aliphatic carbocycles. The molecule has 0 saturated carbocycles. The molecule has 0 fully saturated rings. The van der Waals surface area contributed by atoms with Crippen LogP contribution in [0.5, 0.6) is 5.75 Å². The highest BCUT2D eigenvalue weighted by molar-refractivity contribution is 6.32. The Morgan fingerprint density at radius 2 is 2.19 bits per heavy atom. The van der Waals surface area contributed by atoms with Crippen molar-refractivity contribution < 1.29 is 9.84 Å². The van der Waals surface area contributed by atoms with Crippen LogP contribution in [0, 0.1) is 13.8 Å². The lowest BCUT2D eigenvalue weighted by Gasteiger charge is -2.20. The van der Waals surface area contributed by atoms with Gasteiger partial charge in [0.25, 0.3) is 0 Å². The van der Waals surface area contributed by atoms with E-state index in [1.165, 1.54) is 0 Å². The number of halogens is 1. The molecule has 88 valence electrons. The summed E-state index contributed by atoms with van der Waals surface area (Å²) >= 11 is 6.17. The Morgan fingerprint density at radius 1 is 1.50 bits per heavy atom. The van der Waals surface area contributed by atoms with E-state index in [1.807, 2.05) is 19.9 Å². The van der Waals surface area contributed by atoms with Crippen LogP contribution in [0.2, 0.25) is 5.02 Å². The molecule has 0 bridgehead atoms. The molecule has 0 radical (unpaired) electrons. The van der Waals surface area contributed by atoms with Crippen LogP contribution in [0.1, 0.15) is 29.2 Å². The van der Waals surface area contributed by atoms with Gasteiger partial charge in [-0.3, -0.25) is 0 Å². The van der Waals surface area contributed by atoms with Crippen molar-refractivity contribution in [2.45, 2.75) is 32.4 Å². The third-order valence-electron chi connectivity index (χ3n) is 3.10. The number of hydrogen-bond donors (Lipinski definition) is 2. The van der Waals surface area contributed by atoms with Crippen molar-refractivity contribution in [1.29, 1.82) is 0 Å². The van der Waals surface area contributed by atoms with Gasteiger partial charge in [-0.15, -0.1) is 0 Å². The first-order valence-corrected chi connectivity index (χ1v) is 5.76. The van der Waals surface area contributed by atoms with Crippen molar-refractivity contribution in [3.05, 3.63) is 27.8 Å². The molecule has 3 nitrogen and oxygen atoms in total. The molecule has 1 aliphatic heterocycles. The van der Waals surface area contributed by atoms with Gasteiger partial charge in [0, 0.05) is 16.6 Å². The Hall–Kier alpha value is -0.770. The van der Waals surface area contributed by atoms with E-state index in [1.54, 1.807) is 0 Å². The molecule has 2 unspecified atom stereocenters. The number of fused-ring (bicyclic) bond motifs is 1. The number of aliphatic hydroxyl groups excluding tert-OH is 1. The van der Waals surface area contributed by atoms with Gasteiger partial charge in [-0.05, 0) is 37.5 Å². The van der Waals surface area contributed by atoms with Crippen LogP contribution >= 0.6 is 11.6 Å². The van der Waals surface area contributed by atoms with Crippen molar-refractivity contribution in [2.24, 2.45) is 5.73 Å². The summed E-state index contributed by atoms with van der Waals surface area (Å²) in [4.78, 5) is 0. The van der Waals surface area contributed by atoms with E-state index in [-0.39, 0.29) is 6.04 Å². The van der Waals surface area contributed by atoms with Gasteiger partial charge in [-0.1, -0.05) is 11.6 Å². The second-order valence-electron chi connectivity index (χ2n) is 4.29. The van der Waals surface area contributed by atoms with Crippen LogP contribution < -0.4 is 10.5 Å². The van der Waals surface area contributed by atoms with E-state index in [2.05, 4.69) is 0 Å². The minimum atomic E-state index is -0.699. The van der Waals surface area contributed by atoms with E-state index in [9.17, 15) is 5.11 Å². The van der Waals surface area contributed by atoms with Crippen molar-refractivity contribution in [3.63, 3.8) is 0 Å². The summed E-state index contributed by atoms with van der Waals surface area (Å²) in [5.74, 6) is 0.708. The fourth-order valence-electron chi connectivity index (χ4n) is 2.10. The van der Waals surface area contributed by atoms with E-state index < -0.39 is 6.10 Å². The van der Waals surface area contributed by atoms with Crippen molar-refractivity contribution in [2.75, 3.05) is 6.61 Å². The van der Waals surface area contributed by atoms with Crippen LogP contribution in [0.15, 0.2) is 6.07 Å². The lowest BCUT2D eigenvalue weighted by atomic mass is 9.95. The van der Waals surface area contributed by atoms with Gasteiger partial charge >= 0.3 is 0 Å². The fourth-order valence-corrected chi connectivity index (χ4v) is 2.26. The molecule has 16 heavy (non-hydrogen) atoms. The predicted molar refractivity (Wildman–Crippen MR) is 64.0 cm³/mol. The average molecular weight is 242 g/mol. The van der Waals surface area contributed by atoms with Crippen LogP contribution in [0.3, 0.4) is 0 Å². The van der Waals surface area contributed by atoms with Gasteiger partial charge in [0.2, 0.25) is 0 Å². The number of ether oxygens (including phenoxy) is 1. The summed E-state index contributed by atoms with van der Waals surface area (Å²) in [6, 6.07) is 1.57. The summed E-state index contributed by atoms with van der Waals surface area (Å²) < 4.78 is 5.61. The molecule has 0 amide bonds. The summed E-state index contributed by atoms with van der Waals surface area (Å²) in [5.41, 5.74) is 8.44. The molecule has 2 rings (SSSR count). The SMILES string of the molecule is Cc1cc2c(c(C)c1Cl)C(O)C(N)CCO2. The summed E-state index contributed by atoms with van der Waals surface area (Å²) in [5, 5.41) is 10.8. The van der Waals surface area contributed by atoms with E-state index in [4.69, 9.17) is 22.1 Å². The number of aryl methyl sites for hydroxylation is 1. The molecule has 4 heteroatoms. The average Bonchev–Trinajstić information content (AvgIpc) is 2.37. The van der Waals surface area contributed by atoms with Crippen molar-refractivity contribution >= 4 is 11.6 Å². The molecule has 2 atom stereocenters. The number of aliphatic hydroxyl groups is 1. The molecule has 0 spiro atoms. The Bertz CT molecular complexity index is 420. The molecule has 1 aromatic carbocycles. The standard InChI is InChI=1S/C12H16ClNO2/c1-6-5-9-10(7(2)11(6)13)12(15)8(14)3-4-16-9/h5,8,12,15H,3-4,14H2,1-2H3. The molecular formula is C12H16ClNO2. The van der Waals surface area contributed by atoms with Crippen LogP contribution in [-0.4, -0.2) is 17.8 Å². The zero-order valence-corrected chi connectivity index (χ0v) is 10.2. The minimum Gasteiger partial charge on any atom is -0.493 e. The monoisotopic (exact) mass is 241 g/mol. The lowest BCUT2D eigenvalue weighted by Crippen LogP contribution is -2.28. The molecule has 3 N–H and O–H groups in total. The highest BCUT2D eigenvalue weighted by Gasteiger charge is 2.27. The second-order valence-corrected chi connectivity index (χ2v) is 4.67. The van der Waals surface area contributed by atoms with Crippen LogP contribution in [-0.2, 0) is 0 Å². The number of rotatable bonds is 0. The van der Waals surface area contributed by atoms with Gasteiger partial charge in [-0.2, -0.15) is 0 Å². The van der Waals surface area contributed by atoms with Crippen LogP contribution in [0.25, 0.3) is 0 Å². The third-order valence-corrected chi connectivity index (χ3v) is 3.68. The molecule has 1 aliphatic rings. The number of hydrogen-bond acceptors (Lipinski definition) is 3. The summed E-state index contributed by atoms with van der Waals surface area (Å²) in [6.07, 6.45) is -0.0537. The second kappa shape index (κ2) is 4.24. The largest absolute Gasteiger partial charge is 0.493 e. The van der Waals surface area contributed by atoms with Gasteiger partial charge in [0.05, 0.1) is 12.7 Å². The quantitative estimate of drug-likeness (QED) is 0.732. The summed E-state index contributed by atoms with van der Waals surface area (Å²) in [7, 11) is 0. The van der Waals surface area contributed by atoms with E-state index in [0.29, 0.717) is 23.8 Å². The number of benzene rings is 1. The highest BCUT2D eigenvalue weighted by Crippen LogP contribution is 2.38. The smallest absolute Gasteiger partial charge is 0.125 e. The lowest BCUT2D eigenvalue weighted by molar-refractivity contribution is 0.144. The third kappa shape index (κ3) is 1.79. The maximum atomic E-state index is 10.1. The Kier molecular flexibility index (Phi) is 3.10. The van der Waals surface area contributed by atoms with E-state index in [0.717, 1.165) is 16.7 Å². The Balaban J connectivity index is 2.61. The zero-order chi connectivity index (χ0) is 11.9. The first kappa shape index (κ1) is 11.7. The Morgan fingerprint density at radius 3 is 2.88 bits per heavy atom. The number of nitrogens with two attached hydrogens (primary N) is 1. The van der Waals surface area contributed by atoms with Crippen molar-refractivity contribution in [3.8, 4) is 5.75 Å². The van der Waals surface area contributed by atoms with Gasteiger partial charge in [0.1, 0.15) is 5.75 Å². The van der Waals surface area contributed by atoms with Gasteiger partial charge in [-0.25, -0.2) is 0 Å². The predicted octanol–water partition coefficient (Wildman–Crippen LogP) is 2.10. The fraction of sp³-hybridized carbons (Fsp3) is 0.500. The molecule has 1 aromatic rings. The molecule has 1 heterocycles. The van der Waals surface area contributed by atoms with E-state index >= 15 is 0 Å². The molecular weight excluding hydrogens is 226 g/mol. The first-order chi connectivity index (χ1) is 7.52. The minimum absolute atomic E-state index is 0.293. The van der Waals surface area contributed by atoms with Crippen LogP contribution in [0.4, 0.5) is 0 Å². The molecule has 0 saturated heterocycles. The first-order valence-electron chi connectivity index (χ1n) is 5.38. The topological polar surface area (TPSA) is 55.5 Å². The van der Waals surface area contributed by atoms with Gasteiger partial charge < -0.3 is 15.6 Å². The normalized spacial score (nSPS) is 24.6. The maximum absolute atomic E-state index is 10.1.